The molecule has 130 valence electrons. The molecule has 2 heterocycles. The van der Waals surface area contributed by atoms with Crippen LogP contribution in [0.25, 0.3) is 0 Å². The number of rotatable bonds is 2. The standard InChI is InChI=1S/C19H15ClN4O2/c20-13-5-8-14(9-6-13)24-17-16(21-22-24)18(25)23(19(17)26)15-7-4-11-2-1-3-12(11)10-15/h4-10,16-17H,1-3H2/t16-,17-/m1/s1. The molecule has 2 amide bonds. The zero-order valence-corrected chi connectivity index (χ0v) is 14.6. The molecule has 2 aromatic carbocycles. The highest BCUT2D eigenvalue weighted by molar-refractivity contribution is 6.30. The quantitative estimate of drug-likeness (QED) is 0.766. The van der Waals surface area contributed by atoms with Crippen molar-refractivity contribution in [3.8, 4) is 0 Å². The van der Waals surface area contributed by atoms with Gasteiger partial charge in [0, 0.05) is 5.02 Å². The number of fused-ring (bicyclic) bond motifs is 2. The van der Waals surface area contributed by atoms with E-state index in [0.29, 0.717) is 16.4 Å². The molecule has 0 radical (unpaired) electrons. The predicted octanol–water partition coefficient (Wildman–Crippen LogP) is 3.33. The molecule has 26 heavy (non-hydrogen) atoms. The predicted molar refractivity (Wildman–Crippen MR) is 97.3 cm³/mol. The minimum absolute atomic E-state index is 0.294. The summed E-state index contributed by atoms with van der Waals surface area (Å²) in [6.45, 7) is 0. The van der Waals surface area contributed by atoms with Crippen LogP contribution in [0.2, 0.25) is 5.02 Å². The average molecular weight is 367 g/mol. The first-order chi connectivity index (χ1) is 12.6. The number of carbonyl (C=O) groups excluding carboxylic acids is 2. The Balaban J connectivity index is 1.50. The molecular formula is C19H15ClN4O2. The van der Waals surface area contributed by atoms with Gasteiger partial charge in [0.25, 0.3) is 11.8 Å². The van der Waals surface area contributed by atoms with Crippen LogP contribution in [0.1, 0.15) is 17.5 Å². The zero-order chi connectivity index (χ0) is 17.8. The summed E-state index contributed by atoms with van der Waals surface area (Å²) in [4.78, 5) is 27.2. The monoisotopic (exact) mass is 366 g/mol. The lowest BCUT2D eigenvalue weighted by Crippen LogP contribution is -2.39. The maximum atomic E-state index is 13.1. The summed E-state index contributed by atoms with van der Waals surface area (Å²) in [5, 5.41) is 10.2. The van der Waals surface area contributed by atoms with E-state index in [0.717, 1.165) is 19.3 Å². The fourth-order valence-electron chi connectivity index (χ4n) is 3.92. The second-order valence-electron chi connectivity index (χ2n) is 6.73. The summed E-state index contributed by atoms with van der Waals surface area (Å²) in [5.41, 5.74) is 3.83. The molecule has 1 fully saturated rings. The molecule has 5 rings (SSSR count). The van der Waals surface area contributed by atoms with E-state index in [-0.39, 0.29) is 11.8 Å². The Kier molecular flexibility index (Phi) is 3.37. The van der Waals surface area contributed by atoms with Crippen molar-refractivity contribution in [2.45, 2.75) is 31.3 Å². The highest BCUT2D eigenvalue weighted by Gasteiger charge is 2.55. The van der Waals surface area contributed by atoms with Gasteiger partial charge in [-0.05, 0) is 66.8 Å². The Morgan fingerprint density at radius 2 is 1.65 bits per heavy atom. The molecule has 1 aliphatic carbocycles. The topological polar surface area (TPSA) is 65.3 Å². The van der Waals surface area contributed by atoms with Crippen molar-refractivity contribution in [1.82, 2.24) is 0 Å². The molecule has 1 saturated heterocycles. The maximum absolute atomic E-state index is 13.1. The Labute approximate surface area is 155 Å². The van der Waals surface area contributed by atoms with Gasteiger partial charge in [0.2, 0.25) is 0 Å². The van der Waals surface area contributed by atoms with E-state index in [9.17, 15) is 9.59 Å². The molecule has 6 nitrogen and oxygen atoms in total. The van der Waals surface area contributed by atoms with Gasteiger partial charge in [-0.3, -0.25) is 9.59 Å². The van der Waals surface area contributed by atoms with Gasteiger partial charge < -0.3 is 0 Å². The van der Waals surface area contributed by atoms with E-state index in [1.165, 1.54) is 21.0 Å². The lowest BCUT2D eigenvalue weighted by Gasteiger charge is -2.21. The van der Waals surface area contributed by atoms with Gasteiger partial charge in [0.05, 0.1) is 11.4 Å². The summed E-state index contributed by atoms with van der Waals surface area (Å²) < 4.78 is 0. The van der Waals surface area contributed by atoms with Crippen LogP contribution in [0.5, 0.6) is 0 Å². The van der Waals surface area contributed by atoms with Crippen LogP contribution in [0, 0.1) is 0 Å². The van der Waals surface area contributed by atoms with Gasteiger partial charge in [0.1, 0.15) is 0 Å². The molecule has 0 aromatic heterocycles. The Morgan fingerprint density at radius 1 is 0.923 bits per heavy atom. The number of amides is 2. The number of anilines is 2. The summed E-state index contributed by atoms with van der Waals surface area (Å²) in [6.07, 6.45) is 3.16. The lowest BCUT2D eigenvalue weighted by atomic mass is 10.1. The highest BCUT2D eigenvalue weighted by Crippen LogP contribution is 2.36. The first-order valence-electron chi connectivity index (χ1n) is 8.59. The molecule has 0 N–H and O–H groups in total. The van der Waals surface area contributed by atoms with Gasteiger partial charge in [-0.2, -0.15) is 5.11 Å². The van der Waals surface area contributed by atoms with Gasteiger partial charge >= 0.3 is 0 Å². The molecule has 0 spiro atoms. The number of hydrogen-bond acceptors (Lipinski definition) is 5. The van der Waals surface area contributed by atoms with E-state index in [4.69, 9.17) is 11.6 Å². The van der Waals surface area contributed by atoms with Crippen molar-refractivity contribution in [3.63, 3.8) is 0 Å². The van der Waals surface area contributed by atoms with Crippen LogP contribution in [0.15, 0.2) is 52.8 Å². The van der Waals surface area contributed by atoms with Crippen LogP contribution in [-0.4, -0.2) is 23.9 Å². The molecule has 2 aromatic rings. The van der Waals surface area contributed by atoms with Crippen molar-refractivity contribution in [3.05, 3.63) is 58.6 Å². The minimum atomic E-state index is -0.800. The number of halogens is 1. The van der Waals surface area contributed by atoms with Gasteiger partial charge in [-0.25, -0.2) is 9.91 Å². The second kappa shape index (κ2) is 5.64. The third-order valence-electron chi connectivity index (χ3n) is 5.21. The number of hydrogen-bond donors (Lipinski definition) is 0. The fourth-order valence-corrected chi connectivity index (χ4v) is 4.04. The molecule has 3 aliphatic rings. The Bertz CT molecular complexity index is 957. The van der Waals surface area contributed by atoms with Gasteiger partial charge in [-0.15, -0.1) is 0 Å². The summed E-state index contributed by atoms with van der Waals surface area (Å²) >= 11 is 5.93. The van der Waals surface area contributed by atoms with Crippen LogP contribution in [-0.2, 0) is 22.4 Å². The van der Waals surface area contributed by atoms with Crippen LogP contribution < -0.4 is 9.91 Å². The smallest absolute Gasteiger partial charge is 0.263 e. The van der Waals surface area contributed by atoms with Crippen molar-refractivity contribution in [2.75, 3.05) is 9.91 Å². The third-order valence-corrected chi connectivity index (χ3v) is 5.47. The minimum Gasteiger partial charge on any atom is -0.271 e. The Hall–Kier alpha value is -2.73. The molecule has 0 saturated carbocycles. The molecule has 0 unspecified atom stereocenters. The SMILES string of the molecule is O=C1[C@@H]2N=NN(c3ccc(Cl)cc3)[C@H]2C(=O)N1c1ccc2c(c1)CCC2. The normalized spacial score (nSPS) is 23.7. The molecule has 0 bridgehead atoms. The summed E-state index contributed by atoms with van der Waals surface area (Å²) in [5.74, 6) is -0.615. The van der Waals surface area contributed by atoms with Crippen molar-refractivity contribution >= 4 is 34.8 Å². The fraction of sp³-hybridized carbons (Fsp3) is 0.263. The Morgan fingerprint density at radius 3 is 2.46 bits per heavy atom. The summed E-state index contributed by atoms with van der Waals surface area (Å²) in [7, 11) is 0. The molecular weight excluding hydrogens is 352 g/mol. The molecule has 2 aliphatic heterocycles. The second-order valence-corrected chi connectivity index (χ2v) is 7.17. The maximum Gasteiger partial charge on any atom is 0.263 e. The van der Waals surface area contributed by atoms with E-state index >= 15 is 0 Å². The first-order valence-corrected chi connectivity index (χ1v) is 8.96. The van der Waals surface area contributed by atoms with Crippen LogP contribution in [0.4, 0.5) is 11.4 Å². The molecule has 2 atom stereocenters. The van der Waals surface area contributed by atoms with Crippen molar-refractivity contribution in [2.24, 2.45) is 10.3 Å². The van der Waals surface area contributed by atoms with Crippen molar-refractivity contribution in [1.29, 1.82) is 0 Å². The average Bonchev–Trinajstić information content (AvgIpc) is 3.33. The lowest BCUT2D eigenvalue weighted by molar-refractivity contribution is -0.121. The summed E-state index contributed by atoms with van der Waals surface area (Å²) in [6, 6.07) is 11.3. The van der Waals surface area contributed by atoms with E-state index in [1.807, 2.05) is 18.2 Å². The van der Waals surface area contributed by atoms with E-state index in [1.54, 1.807) is 24.3 Å². The number of carbonyl (C=O) groups is 2. The zero-order valence-electron chi connectivity index (χ0n) is 13.8. The number of benzene rings is 2. The van der Waals surface area contributed by atoms with E-state index in [2.05, 4.69) is 10.3 Å². The highest BCUT2D eigenvalue weighted by atomic mass is 35.5. The van der Waals surface area contributed by atoms with Gasteiger partial charge in [0.15, 0.2) is 12.1 Å². The molecule has 7 heteroatoms. The van der Waals surface area contributed by atoms with E-state index < -0.39 is 12.1 Å². The number of imide groups is 1. The van der Waals surface area contributed by atoms with Gasteiger partial charge in [-0.1, -0.05) is 22.9 Å². The number of aryl methyl sites for hydroxylation is 2. The first kappa shape index (κ1) is 15.5. The third kappa shape index (κ3) is 2.18. The largest absolute Gasteiger partial charge is 0.271 e. The number of nitrogens with zero attached hydrogens (tertiary/aromatic N) is 4. The van der Waals surface area contributed by atoms with Crippen molar-refractivity contribution < 1.29 is 9.59 Å². The van der Waals surface area contributed by atoms with Crippen LogP contribution in [0.3, 0.4) is 0 Å². The van der Waals surface area contributed by atoms with Crippen LogP contribution >= 0.6 is 11.6 Å².